The van der Waals surface area contributed by atoms with E-state index in [1.54, 1.807) is 0 Å². The Morgan fingerprint density at radius 1 is 0.844 bits per heavy atom. The van der Waals surface area contributed by atoms with Gasteiger partial charge in [-0.15, -0.1) is 0 Å². The molecule has 0 saturated heterocycles. The van der Waals surface area contributed by atoms with Crippen LogP contribution >= 0.6 is 0 Å². The Morgan fingerprint density at radius 2 is 1.59 bits per heavy atom. The first-order valence-corrected chi connectivity index (χ1v) is 11.3. The summed E-state index contributed by atoms with van der Waals surface area (Å²) in [4.78, 5) is 15.3. The largest absolute Gasteiger partial charge is 0.456 e. The normalized spacial score (nSPS) is 18.5. The van der Waals surface area contributed by atoms with E-state index in [2.05, 4.69) is 69.9 Å². The lowest BCUT2D eigenvalue weighted by atomic mass is 9.75. The average Bonchev–Trinajstić information content (AvgIpc) is 3.07. The molecule has 2 heterocycles. The van der Waals surface area contributed by atoms with Gasteiger partial charge < -0.3 is 14.4 Å². The Hall–Kier alpha value is -3.27. The van der Waals surface area contributed by atoms with E-state index in [0.29, 0.717) is 5.56 Å². The van der Waals surface area contributed by atoms with Crippen LogP contribution in [0, 0.1) is 0 Å². The summed E-state index contributed by atoms with van der Waals surface area (Å²) in [5, 5.41) is 0. The summed E-state index contributed by atoms with van der Waals surface area (Å²) >= 11 is 0. The summed E-state index contributed by atoms with van der Waals surface area (Å²) < 4.78 is 12.7. The number of carbonyl (C=O) groups excluding carboxylic acids is 1. The molecule has 2 aliphatic heterocycles. The third-order valence-electron chi connectivity index (χ3n) is 6.69. The van der Waals surface area contributed by atoms with Crippen molar-refractivity contribution >= 4 is 11.7 Å². The number of hydrogen-bond donors (Lipinski definition) is 0. The van der Waals surface area contributed by atoms with E-state index in [9.17, 15) is 4.79 Å². The zero-order chi connectivity index (χ0) is 22.7. The Morgan fingerprint density at radius 3 is 2.31 bits per heavy atom. The quantitative estimate of drug-likeness (QED) is 0.454. The molecule has 3 aromatic carbocycles. The maximum atomic E-state index is 13.0. The van der Waals surface area contributed by atoms with E-state index in [0.717, 1.165) is 47.0 Å². The van der Waals surface area contributed by atoms with Crippen molar-refractivity contribution in [1.82, 2.24) is 0 Å². The van der Waals surface area contributed by atoms with Crippen molar-refractivity contribution in [2.75, 3.05) is 18.0 Å². The van der Waals surface area contributed by atoms with Crippen molar-refractivity contribution in [3.63, 3.8) is 0 Å². The van der Waals surface area contributed by atoms with Gasteiger partial charge in [-0.2, -0.15) is 0 Å². The van der Waals surface area contributed by atoms with Gasteiger partial charge in [0.2, 0.25) is 0 Å². The highest BCUT2D eigenvalue weighted by Gasteiger charge is 2.53. The molecule has 1 atom stereocenters. The molecular weight excluding hydrogens is 398 g/mol. The second kappa shape index (κ2) is 7.13. The van der Waals surface area contributed by atoms with E-state index in [1.807, 2.05) is 30.3 Å². The SMILES string of the molecule is CCN(CC)c1ccc2c(c1)Oc1ccc(C(C)(C)C)cc1[C@]21OC(=O)c2ccccc21. The number of anilines is 1. The monoisotopic (exact) mass is 427 g/mol. The number of benzene rings is 3. The molecule has 0 radical (unpaired) electrons. The Bertz CT molecular complexity index is 1220. The molecule has 3 aromatic rings. The molecule has 5 rings (SSSR count). The van der Waals surface area contributed by atoms with Gasteiger partial charge in [0.1, 0.15) is 11.5 Å². The molecular formula is C28H29NO3. The maximum absolute atomic E-state index is 13.0. The van der Waals surface area contributed by atoms with Gasteiger partial charge in [-0.1, -0.05) is 45.0 Å². The highest BCUT2D eigenvalue weighted by molar-refractivity contribution is 5.97. The van der Waals surface area contributed by atoms with Crippen molar-refractivity contribution in [3.8, 4) is 11.5 Å². The summed E-state index contributed by atoms with van der Waals surface area (Å²) in [7, 11) is 0. The van der Waals surface area contributed by atoms with Gasteiger partial charge in [-0.3, -0.25) is 0 Å². The zero-order valence-electron chi connectivity index (χ0n) is 19.4. The maximum Gasteiger partial charge on any atom is 0.340 e. The van der Waals surface area contributed by atoms with Gasteiger partial charge in [0, 0.05) is 41.5 Å². The third kappa shape index (κ3) is 2.85. The Kier molecular flexibility index (Phi) is 4.59. The molecule has 0 fully saturated rings. The van der Waals surface area contributed by atoms with Crippen LogP contribution in [-0.4, -0.2) is 19.1 Å². The van der Waals surface area contributed by atoms with Crippen LogP contribution in [0.3, 0.4) is 0 Å². The van der Waals surface area contributed by atoms with Crippen molar-refractivity contribution in [3.05, 3.63) is 88.5 Å². The fourth-order valence-corrected chi connectivity index (χ4v) is 4.91. The van der Waals surface area contributed by atoms with Gasteiger partial charge in [-0.25, -0.2) is 4.79 Å². The topological polar surface area (TPSA) is 38.8 Å². The summed E-state index contributed by atoms with van der Waals surface area (Å²) in [5.74, 6) is 1.16. The summed E-state index contributed by atoms with van der Waals surface area (Å²) in [6.45, 7) is 12.7. The molecule has 0 unspecified atom stereocenters. The molecule has 0 saturated carbocycles. The van der Waals surface area contributed by atoms with Crippen LogP contribution < -0.4 is 9.64 Å². The van der Waals surface area contributed by atoms with Crippen LogP contribution in [0.25, 0.3) is 0 Å². The highest BCUT2D eigenvalue weighted by Crippen LogP contribution is 2.57. The fourth-order valence-electron chi connectivity index (χ4n) is 4.91. The minimum absolute atomic E-state index is 0.0504. The number of fused-ring (bicyclic) bond motifs is 6. The van der Waals surface area contributed by atoms with Crippen molar-refractivity contribution in [2.24, 2.45) is 0 Å². The molecule has 0 amide bonds. The lowest BCUT2D eigenvalue weighted by Crippen LogP contribution is -2.34. The van der Waals surface area contributed by atoms with Gasteiger partial charge in [-0.05, 0) is 55.2 Å². The van der Waals surface area contributed by atoms with E-state index in [4.69, 9.17) is 9.47 Å². The van der Waals surface area contributed by atoms with Gasteiger partial charge in [0.15, 0.2) is 5.60 Å². The minimum atomic E-state index is -1.01. The average molecular weight is 428 g/mol. The highest BCUT2D eigenvalue weighted by atomic mass is 16.6. The second-order valence-corrected chi connectivity index (χ2v) is 9.53. The Labute approximate surface area is 189 Å². The van der Waals surface area contributed by atoms with Gasteiger partial charge in [0.05, 0.1) is 5.56 Å². The fraction of sp³-hybridized carbons (Fsp3) is 0.321. The van der Waals surface area contributed by atoms with Crippen molar-refractivity contribution in [1.29, 1.82) is 0 Å². The molecule has 0 bridgehead atoms. The van der Waals surface area contributed by atoms with Crippen molar-refractivity contribution in [2.45, 2.75) is 45.6 Å². The van der Waals surface area contributed by atoms with E-state index < -0.39 is 5.60 Å². The minimum Gasteiger partial charge on any atom is -0.456 e. The van der Waals surface area contributed by atoms with E-state index >= 15 is 0 Å². The molecule has 0 aromatic heterocycles. The molecule has 1 spiro atoms. The molecule has 32 heavy (non-hydrogen) atoms. The van der Waals surface area contributed by atoms with Crippen LogP contribution in [0.1, 0.15) is 67.2 Å². The van der Waals surface area contributed by atoms with Crippen LogP contribution in [0.2, 0.25) is 0 Å². The first-order valence-electron chi connectivity index (χ1n) is 11.3. The van der Waals surface area contributed by atoms with Crippen molar-refractivity contribution < 1.29 is 14.3 Å². The molecule has 2 aliphatic rings. The summed E-state index contributed by atoms with van der Waals surface area (Å²) in [6.07, 6.45) is 0. The lowest BCUT2D eigenvalue weighted by molar-refractivity contribution is 0.0224. The van der Waals surface area contributed by atoms with E-state index in [1.165, 1.54) is 5.56 Å². The number of hydrogen-bond acceptors (Lipinski definition) is 4. The molecule has 164 valence electrons. The molecule has 4 heteroatoms. The smallest absolute Gasteiger partial charge is 0.340 e. The zero-order valence-corrected chi connectivity index (χ0v) is 19.4. The predicted octanol–water partition coefficient (Wildman–Crippen LogP) is 6.40. The summed E-state index contributed by atoms with van der Waals surface area (Å²) in [5.41, 5.74) is 4.43. The van der Waals surface area contributed by atoms with Crippen LogP contribution in [0.15, 0.2) is 60.7 Å². The second-order valence-electron chi connectivity index (χ2n) is 9.53. The number of ether oxygens (including phenoxy) is 2. The van der Waals surface area contributed by atoms with Crippen LogP contribution in [0.4, 0.5) is 5.69 Å². The van der Waals surface area contributed by atoms with Crippen LogP contribution in [0.5, 0.6) is 11.5 Å². The van der Waals surface area contributed by atoms with Gasteiger partial charge >= 0.3 is 5.97 Å². The molecule has 4 nitrogen and oxygen atoms in total. The first-order chi connectivity index (χ1) is 15.3. The Balaban J connectivity index is 1.81. The third-order valence-corrected chi connectivity index (χ3v) is 6.69. The van der Waals surface area contributed by atoms with Gasteiger partial charge in [0.25, 0.3) is 0 Å². The molecule has 0 aliphatic carbocycles. The first kappa shape index (κ1) is 20.6. The number of rotatable bonds is 3. The predicted molar refractivity (Wildman–Crippen MR) is 127 cm³/mol. The van der Waals surface area contributed by atoms with E-state index in [-0.39, 0.29) is 11.4 Å². The summed E-state index contributed by atoms with van der Waals surface area (Å²) in [6, 6.07) is 20.2. The lowest BCUT2D eigenvalue weighted by Gasteiger charge is -2.38. The number of nitrogens with zero attached hydrogens (tertiary/aromatic N) is 1. The standard InChI is InChI=1S/C28H29NO3/c1-6-29(7-2)19-13-14-22-25(17-19)31-24-15-12-18(27(3,4)5)16-23(24)28(22)21-11-9-8-10-20(21)26(30)32-28/h8-17H,6-7H2,1-5H3/t28-/m1/s1. The molecule has 0 N–H and O–H groups in total. The number of carbonyl (C=O) groups is 1. The van der Waals surface area contributed by atoms with Crippen LogP contribution in [-0.2, 0) is 15.8 Å². The number of esters is 1.